The molecule has 10 nitrogen and oxygen atoms in total. The van der Waals surface area contributed by atoms with Gasteiger partial charge in [-0.1, -0.05) is 19.1 Å². The second kappa shape index (κ2) is 11.0. The van der Waals surface area contributed by atoms with E-state index in [9.17, 15) is 19.7 Å². The minimum Gasteiger partial charge on any atom is -0.441 e. The highest BCUT2D eigenvalue weighted by Gasteiger charge is 2.14. The van der Waals surface area contributed by atoms with E-state index in [-0.39, 0.29) is 24.0 Å². The van der Waals surface area contributed by atoms with Gasteiger partial charge in [0.2, 0.25) is 11.8 Å². The van der Waals surface area contributed by atoms with E-state index in [4.69, 9.17) is 4.42 Å². The van der Waals surface area contributed by atoms with Crippen LogP contribution < -0.4 is 10.6 Å². The zero-order valence-corrected chi connectivity index (χ0v) is 18.4. The molecule has 2 aromatic carbocycles. The van der Waals surface area contributed by atoms with Gasteiger partial charge in [0.25, 0.3) is 5.69 Å². The van der Waals surface area contributed by atoms with Crippen LogP contribution >= 0.6 is 0 Å². The number of non-ortho nitro benzene ring substituents is 1. The molecule has 3 aromatic rings. The Hall–Kier alpha value is -4.05. The number of amides is 2. The summed E-state index contributed by atoms with van der Waals surface area (Å²) in [5.41, 5.74) is 1.86. The largest absolute Gasteiger partial charge is 0.441 e. The number of hydrogen-bond donors (Lipinski definition) is 2. The maximum Gasteiger partial charge on any atom is 0.270 e. The molecule has 0 saturated heterocycles. The fourth-order valence-corrected chi connectivity index (χ4v) is 3.18. The van der Waals surface area contributed by atoms with Crippen LogP contribution in [-0.2, 0) is 16.0 Å². The molecule has 1 aromatic heterocycles. The van der Waals surface area contributed by atoms with Crippen molar-refractivity contribution in [1.29, 1.82) is 0 Å². The average molecular weight is 451 g/mol. The van der Waals surface area contributed by atoms with Crippen molar-refractivity contribution in [3.63, 3.8) is 0 Å². The summed E-state index contributed by atoms with van der Waals surface area (Å²) < 4.78 is 5.75. The van der Waals surface area contributed by atoms with E-state index >= 15 is 0 Å². The Balaban J connectivity index is 1.52. The van der Waals surface area contributed by atoms with Crippen molar-refractivity contribution in [3.05, 3.63) is 70.7 Å². The molecule has 0 aliphatic rings. The minimum atomic E-state index is -0.456. The predicted molar refractivity (Wildman–Crippen MR) is 124 cm³/mol. The van der Waals surface area contributed by atoms with Crippen LogP contribution in [0.3, 0.4) is 0 Å². The third-order valence-corrected chi connectivity index (χ3v) is 4.84. The number of anilines is 2. The third kappa shape index (κ3) is 6.97. The molecule has 172 valence electrons. The Bertz CT molecular complexity index is 1130. The fraction of sp³-hybridized carbons (Fsp3) is 0.261. The van der Waals surface area contributed by atoms with Gasteiger partial charge >= 0.3 is 0 Å². The second-order valence-electron chi connectivity index (χ2n) is 7.35. The molecule has 0 atom stereocenters. The van der Waals surface area contributed by atoms with Crippen LogP contribution in [0.4, 0.5) is 17.1 Å². The van der Waals surface area contributed by atoms with Crippen molar-refractivity contribution >= 4 is 28.9 Å². The van der Waals surface area contributed by atoms with Crippen LogP contribution in [0.25, 0.3) is 11.3 Å². The topological polar surface area (TPSA) is 131 Å². The van der Waals surface area contributed by atoms with Crippen molar-refractivity contribution < 1.29 is 18.9 Å². The number of nitrogens with zero attached hydrogens (tertiary/aromatic N) is 3. The molecule has 0 bridgehead atoms. The zero-order valence-electron chi connectivity index (χ0n) is 18.4. The minimum absolute atomic E-state index is 0.0154. The van der Waals surface area contributed by atoms with Crippen molar-refractivity contribution in [2.24, 2.45) is 0 Å². The highest BCUT2D eigenvalue weighted by molar-refractivity contribution is 5.93. The van der Waals surface area contributed by atoms with Gasteiger partial charge in [-0.2, -0.15) is 0 Å². The summed E-state index contributed by atoms with van der Waals surface area (Å²) in [5.74, 6) is 0.628. The van der Waals surface area contributed by atoms with Gasteiger partial charge in [-0.3, -0.25) is 24.6 Å². The summed E-state index contributed by atoms with van der Waals surface area (Å²) in [6.07, 6.45) is 2.03. The Kier molecular flexibility index (Phi) is 7.87. The molecule has 1 heterocycles. The summed E-state index contributed by atoms with van der Waals surface area (Å²) in [4.78, 5) is 40.2. The van der Waals surface area contributed by atoms with Gasteiger partial charge in [-0.15, -0.1) is 0 Å². The van der Waals surface area contributed by atoms with Crippen LogP contribution in [0, 0.1) is 10.1 Å². The standard InChI is InChI=1S/C23H25N5O5/c1-3-27(15-22(30)26-19-9-7-18(8-10-19)25-16(2)29)12-11-23-24-14-21(33-23)17-5-4-6-20(13-17)28(31)32/h4-10,13-14H,3,11-12,15H2,1-2H3,(H,25,29)(H,26,30). The van der Waals surface area contributed by atoms with Gasteiger partial charge in [0.15, 0.2) is 11.7 Å². The first-order valence-corrected chi connectivity index (χ1v) is 10.4. The maximum absolute atomic E-state index is 12.4. The van der Waals surface area contributed by atoms with Gasteiger partial charge in [0.05, 0.1) is 17.7 Å². The SMILES string of the molecule is CCN(CCc1ncc(-c2cccc([N+](=O)[O-])c2)o1)CC(=O)Nc1ccc(NC(C)=O)cc1. The Labute approximate surface area is 190 Å². The summed E-state index contributed by atoms with van der Waals surface area (Å²) in [7, 11) is 0. The molecule has 0 radical (unpaired) electrons. The Morgan fingerprint density at radius 1 is 1.12 bits per heavy atom. The molecule has 2 amide bonds. The molecule has 0 aliphatic heterocycles. The maximum atomic E-state index is 12.4. The lowest BCUT2D eigenvalue weighted by Crippen LogP contribution is -2.34. The van der Waals surface area contributed by atoms with Crippen LogP contribution in [0.15, 0.2) is 59.1 Å². The monoisotopic (exact) mass is 451 g/mol. The fourth-order valence-electron chi connectivity index (χ4n) is 3.18. The molecule has 33 heavy (non-hydrogen) atoms. The van der Waals surface area contributed by atoms with Crippen LogP contribution in [0.5, 0.6) is 0 Å². The zero-order chi connectivity index (χ0) is 23.8. The van der Waals surface area contributed by atoms with E-state index in [1.807, 2.05) is 11.8 Å². The van der Waals surface area contributed by atoms with E-state index in [0.717, 1.165) is 0 Å². The summed E-state index contributed by atoms with van der Waals surface area (Å²) in [5, 5.41) is 16.5. The van der Waals surface area contributed by atoms with Gasteiger partial charge in [-0.05, 0) is 30.8 Å². The van der Waals surface area contributed by atoms with E-state index < -0.39 is 4.92 Å². The third-order valence-electron chi connectivity index (χ3n) is 4.84. The Morgan fingerprint density at radius 2 is 1.82 bits per heavy atom. The number of nitro groups is 1. The van der Waals surface area contributed by atoms with Crippen molar-refractivity contribution in [1.82, 2.24) is 9.88 Å². The molecule has 10 heteroatoms. The number of aromatic nitrogens is 1. The average Bonchev–Trinajstić information content (AvgIpc) is 3.27. The normalized spacial score (nSPS) is 10.8. The first-order chi connectivity index (χ1) is 15.8. The predicted octanol–water partition coefficient (Wildman–Crippen LogP) is 3.71. The molecule has 0 unspecified atom stereocenters. The number of carbonyl (C=O) groups excluding carboxylic acids is 2. The number of rotatable bonds is 10. The lowest BCUT2D eigenvalue weighted by atomic mass is 10.2. The van der Waals surface area contributed by atoms with Crippen molar-refractivity contribution in [2.75, 3.05) is 30.3 Å². The first kappa shape index (κ1) is 23.6. The molecule has 2 N–H and O–H groups in total. The number of carbonyl (C=O) groups is 2. The van der Waals surface area contributed by atoms with Gasteiger partial charge in [0.1, 0.15) is 0 Å². The Morgan fingerprint density at radius 3 is 2.45 bits per heavy atom. The number of oxazole rings is 1. The summed E-state index contributed by atoms with van der Waals surface area (Å²) >= 11 is 0. The summed E-state index contributed by atoms with van der Waals surface area (Å²) in [6.45, 7) is 4.80. The molecule has 0 fully saturated rings. The molecule has 3 rings (SSSR count). The number of nitro benzene ring substituents is 1. The van der Waals surface area contributed by atoms with Crippen LogP contribution in [-0.4, -0.2) is 46.3 Å². The van der Waals surface area contributed by atoms with Gasteiger partial charge in [-0.25, -0.2) is 4.98 Å². The lowest BCUT2D eigenvalue weighted by molar-refractivity contribution is -0.384. The molecule has 0 aliphatic carbocycles. The van der Waals surface area contributed by atoms with Crippen LogP contribution in [0.1, 0.15) is 19.7 Å². The smallest absolute Gasteiger partial charge is 0.270 e. The van der Waals surface area contributed by atoms with E-state index in [1.165, 1.54) is 19.1 Å². The first-order valence-electron chi connectivity index (χ1n) is 10.4. The van der Waals surface area contributed by atoms with E-state index in [2.05, 4.69) is 15.6 Å². The highest BCUT2D eigenvalue weighted by Crippen LogP contribution is 2.24. The second-order valence-corrected chi connectivity index (χ2v) is 7.35. The van der Waals surface area contributed by atoms with Crippen LogP contribution in [0.2, 0.25) is 0 Å². The van der Waals surface area contributed by atoms with Gasteiger partial charge < -0.3 is 15.1 Å². The number of hydrogen-bond acceptors (Lipinski definition) is 7. The van der Waals surface area contributed by atoms with Crippen molar-refractivity contribution in [3.8, 4) is 11.3 Å². The van der Waals surface area contributed by atoms with Gasteiger partial charge in [0, 0.05) is 49.0 Å². The van der Waals surface area contributed by atoms with Crippen molar-refractivity contribution in [2.45, 2.75) is 20.3 Å². The number of likely N-dealkylation sites (N-methyl/N-ethyl adjacent to an activating group) is 1. The molecular weight excluding hydrogens is 426 g/mol. The summed E-state index contributed by atoms with van der Waals surface area (Å²) in [6, 6.07) is 13.1. The van der Waals surface area contributed by atoms with E-state index in [0.29, 0.717) is 48.1 Å². The lowest BCUT2D eigenvalue weighted by Gasteiger charge is -2.19. The van der Waals surface area contributed by atoms with E-state index in [1.54, 1.807) is 42.6 Å². The molecule has 0 spiro atoms. The number of benzene rings is 2. The quantitative estimate of drug-likeness (QED) is 0.355. The molecular formula is C23H25N5O5. The number of nitrogens with one attached hydrogen (secondary N) is 2. The highest BCUT2D eigenvalue weighted by atomic mass is 16.6. The molecule has 0 saturated carbocycles.